The molecule has 2 nitrogen and oxygen atoms in total. The van der Waals surface area contributed by atoms with Crippen LogP contribution in [-0.2, 0) is 10.2 Å². The summed E-state index contributed by atoms with van der Waals surface area (Å²) in [6.07, 6.45) is 3.29. The number of aliphatic carboxylic acids is 1. The van der Waals surface area contributed by atoms with Gasteiger partial charge in [0, 0.05) is 11.0 Å². The van der Waals surface area contributed by atoms with Crippen LogP contribution in [0.3, 0.4) is 0 Å². The molecule has 0 aromatic heterocycles. The Morgan fingerprint density at radius 3 is 2.46 bits per heavy atom. The summed E-state index contributed by atoms with van der Waals surface area (Å²) in [7, 11) is 0. The summed E-state index contributed by atoms with van der Waals surface area (Å²) >= 11 is 12.2. The van der Waals surface area contributed by atoms with Gasteiger partial charge >= 0.3 is 5.97 Å². The van der Waals surface area contributed by atoms with Gasteiger partial charge in [0.05, 0.1) is 10.0 Å². The van der Waals surface area contributed by atoms with Crippen LogP contribution in [0.4, 0.5) is 0 Å². The third-order valence-electron chi connectivity index (χ3n) is 4.91. The van der Waals surface area contributed by atoms with Crippen LogP contribution in [0.5, 0.6) is 0 Å². The molecule has 2 aromatic carbocycles. The van der Waals surface area contributed by atoms with E-state index in [1.165, 1.54) is 5.56 Å². The second-order valence-corrected chi connectivity index (χ2v) is 7.25. The maximum atomic E-state index is 11.8. The third kappa shape index (κ3) is 3.09. The molecule has 0 aliphatic heterocycles. The average molecular weight is 361 g/mol. The summed E-state index contributed by atoms with van der Waals surface area (Å²) in [5.74, 6) is -0.608. The van der Waals surface area contributed by atoms with E-state index in [9.17, 15) is 9.90 Å². The van der Waals surface area contributed by atoms with E-state index < -0.39 is 11.4 Å². The Labute approximate surface area is 151 Å². The first-order valence-electron chi connectivity index (χ1n) is 7.86. The first-order chi connectivity index (χ1) is 11.4. The van der Waals surface area contributed by atoms with E-state index >= 15 is 0 Å². The first-order valence-corrected chi connectivity index (χ1v) is 8.62. The van der Waals surface area contributed by atoms with Gasteiger partial charge in [-0.3, -0.25) is 0 Å². The van der Waals surface area contributed by atoms with Crippen LogP contribution in [0.25, 0.3) is 0 Å². The Morgan fingerprint density at radius 2 is 1.83 bits per heavy atom. The normalized spacial score (nSPS) is 23.6. The summed E-state index contributed by atoms with van der Waals surface area (Å²) < 4.78 is 0. The maximum Gasteiger partial charge on any atom is 0.332 e. The SMILES string of the molecule is CC1(c2ccc(Cl)c(Cl)c2)CC(c2ccccc2)CC=C1C(=O)O. The second-order valence-electron chi connectivity index (χ2n) is 6.43. The average Bonchev–Trinajstić information content (AvgIpc) is 2.57. The summed E-state index contributed by atoms with van der Waals surface area (Å²) in [6.45, 7) is 1.97. The molecule has 0 saturated heterocycles. The number of carbonyl (C=O) groups is 1. The minimum atomic E-state index is -0.880. The predicted octanol–water partition coefficient (Wildman–Crippen LogP) is 5.84. The van der Waals surface area contributed by atoms with E-state index in [1.54, 1.807) is 12.1 Å². The topological polar surface area (TPSA) is 37.3 Å². The van der Waals surface area contributed by atoms with Gasteiger partial charge in [-0.25, -0.2) is 4.79 Å². The molecule has 1 N–H and O–H groups in total. The summed E-state index contributed by atoms with van der Waals surface area (Å²) in [6, 6.07) is 15.6. The fourth-order valence-electron chi connectivity index (χ4n) is 3.59. The van der Waals surface area contributed by atoms with Crippen LogP contribution in [-0.4, -0.2) is 11.1 Å². The van der Waals surface area contributed by atoms with Crippen LogP contribution < -0.4 is 0 Å². The molecule has 2 aromatic rings. The van der Waals surface area contributed by atoms with Crippen molar-refractivity contribution in [2.24, 2.45) is 0 Å². The van der Waals surface area contributed by atoms with E-state index in [1.807, 2.05) is 37.3 Å². The lowest BCUT2D eigenvalue weighted by molar-refractivity contribution is -0.133. The molecule has 0 fully saturated rings. The third-order valence-corrected chi connectivity index (χ3v) is 5.65. The van der Waals surface area contributed by atoms with Crippen LogP contribution in [0.2, 0.25) is 10.0 Å². The molecule has 4 heteroatoms. The zero-order chi connectivity index (χ0) is 17.3. The number of allylic oxidation sites excluding steroid dienone is 1. The molecule has 0 spiro atoms. The van der Waals surface area contributed by atoms with Crippen molar-refractivity contribution < 1.29 is 9.90 Å². The lowest BCUT2D eigenvalue weighted by Crippen LogP contribution is -2.34. The van der Waals surface area contributed by atoms with Crippen molar-refractivity contribution in [3.05, 3.63) is 81.4 Å². The maximum absolute atomic E-state index is 11.8. The van der Waals surface area contributed by atoms with Gasteiger partial charge in [0.25, 0.3) is 0 Å². The molecule has 0 heterocycles. The number of carboxylic acids is 1. The van der Waals surface area contributed by atoms with Crippen LogP contribution in [0, 0.1) is 0 Å². The van der Waals surface area contributed by atoms with Gasteiger partial charge < -0.3 is 5.11 Å². The zero-order valence-electron chi connectivity index (χ0n) is 13.3. The van der Waals surface area contributed by atoms with Gasteiger partial charge in [0.1, 0.15) is 0 Å². The van der Waals surface area contributed by atoms with Crippen LogP contribution >= 0.6 is 23.2 Å². The largest absolute Gasteiger partial charge is 0.478 e. The Kier molecular flexibility index (Phi) is 4.71. The fraction of sp³-hybridized carbons (Fsp3) is 0.250. The lowest BCUT2D eigenvalue weighted by atomic mass is 9.65. The Balaban J connectivity index is 2.07. The standard InChI is InChI=1S/C20H18Cl2O2/c1-20(15-8-10-17(21)18(22)11-15)12-14(7-9-16(20)19(23)24)13-5-3-2-4-6-13/h2-6,8-11,14H,7,12H2,1H3,(H,23,24). The number of benzene rings is 2. The number of carboxylic acid groups (broad SMARTS) is 1. The minimum Gasteiger partial charge on any atom is -0.478 e. The second kappa shape index (κ2) is 6.62. The Morgan fingerprint density at radius 1 is 1.12 bits per heavy atom. The summed E-state index contributed by atoms with van der Waals surface area (Å²) in [5, 5.41) is 10.6. The molecule has 0 radical (unpaired) electrons. The smallest absolute Gasteiger partial charge is 0.332 e. The van der Waals surface area contributed by atoms with Gasteiger partial charge in [0.15, 0.2) is 0 Å². The van der Waals surface area contributed by atoms with E-state index in [0.717, 1.165) is 12.0 Å². The highest BCUT2D eigenvalue weighted by Crippen LogP contribution is 2.47. The fourth-order valence-corrected chi connectivity index (χ4v) is 3.88. The molecule has 1 aliphatic rings. The summed E-state index contributed by atoms with van der Waals surface area (Å²) in [5.41, 5.74) is 1.92. The van der Waals surface area contributed by atoms with Crippen molar-refractivity contribution in [2.45, 2.75) is 31.1 Å². The van der Waals surface area contributed by atoms with Gasteiger partial charge in [-0.15, -0.1) is 0 Å². The highest BCUT2D eigenvalue weighted by molar-refractivity contribution is 6.42. The minimum absolute atomic E-state index is 0.272. The predicted molar refractivity (Wildman–Crippen MR) is 97.9 cm³/mol. The first kappa shape index (κ1) is 17.1. The molecule has 24 heavy (non-hydrogen) atoms. The molecule has 0 bridgehead atoms. The summed E-state index contributed by atoms with van der Waals surface area (Å²) in [4.78, 5) is 11.8. The van der Waals surface area contributed by atoms with Crippen LogP contribution in [0.1, 0.15) is 36.8 Å². The van der Waals surface area contributed by atoms with E-state index in [-0.39, 0.29) is 5.92 Å². The highest BCUT2D eigenvalue weighted by Gasteiger charge is 2.40. The lowest BCUT2D eigenvalue weighted by Gasteiger charge is -2.38. The highest BCUT2D eigenvalue weighted by atomic mass is 35.5. The Hall–Kier alpha value is -1.77. The van der Waals surface area contributed by atoms with Gasteiger partial charge in [0.2, 0.25) is 0 Å². The number of hydrogen-bond acceptors (Lipinski definition) is 1. The molecule has 0 amide bonds. The van der Waals surface area contributed by atoms with E-state index in [0.29, 0.717) is 22.0 Å². The van der Waals surface area contributed by atoms with Crippen molar-refractivity contribution >= 4 is 29.2 Å². The van der Waals surface area contributed by atoms with Gasteiger partial charge in [-0.05, 0) is 42.0 Å². The molecule has 2 atom stereocenters. The zero-order valence-corrected chi connectivity index (χ0v) is 14.8. The molecule has 124 valence electrons. The van der Waals surface area contributed by atoms with Crippen molar-refractivity contribution in [1.82, 2.24) is 0 Å². The monoisotopic (exact) mass is 360 g/mol. The molecule has 1 aliphatic carbocycles. The van der Waals surface area contributed by atoms with Crippen molar-refractivity contribution in [2.75, 3.05) is 0 Å². The number of halogens is 2. The molecular formula is C20H18Cl2O2. The quantitative estimate of drug-likeness (QED) is 0.746. The van der Waals surface area contributed by atoms with E-state index in [4.69, 9.17) is 23.2 Å². The van der Waals surface area contributed by atoms with Crippen LogP contribution in [0.15, 0.2) is 60.2 Å². The number of hydrogen-bond donors (Lipinski definition) is 1. The van der Waals surface area contributed by atoms with Crippen molar-refractivity contribution in [3.8, 4) is 0 Å². The molecule has 3 rings (SSSR count). The van der Waals surface area contributed by atoms with Crippen molar-refractivity contribution in [1.29, 1.82) is 0 Å². The molecule has 2 unspecified atom stereocenters. The molecular weight excluding hydrogens is 343 g/mol. The van der Waals surface area contributed by atoms with Gasteiger partial charge in [-0.2, -0.15) is 0 Å². The van der Waals surface area contributed by atoms with Gasteiger partial charge in [-0.1, -0.05) is 72.6 Å². The Bertz CT molecular complexity index is 799. The van der Waals surface area contributed by atoms with E-state index in [2.05, 4.69) is 12.1 Å². The van der Waals surface area contributed by atoms with Crippen molar-refractivity contribution in [3.63, 3.8) is 0 Å². The number of rotatable bonds is 3. The molecule has 0 saturated carbocycles.